The van der Waals surface area contributed by atoms with Crippen molar-refractivity contribution in [2.75, 3.05) is 0 Å². The van der Waals surface area contributed by atoms with Gasteiger partial charge in [-0.1, -0.05) is 19.3 Å². The second kappa shape index (κ2) is 8.34. The number of rotatable bonds is 8. The molecule has 5 nitrogen and oxygen atoms in total. The molecule has 0 unspecified atom stereocenters. The van der Waals surface area contributed by atoms with E-state index >= 15 is 0 Å². The third-order valence-electron chi connectivity index (χ3n) is 4.02. The molecule has 24 heavy (non-hydrogen) atoms. The minimum Gasteiger partial charge on any atom is -0.508 e. The number of phenols is 5. The molecule has 0 atom stereocenters. The van der Waals surface area contributed by atoms with Gasteiger partial charge >= 0.3 is 0 Å². The molecule has 5 N–H and O–H groups in total. The molecule has 130 valence electrons. The van der Waals surface area contributed by atoms with Gasteiger partial charge in [-0.2, -0.15) is 0 Å². The van der Waals surface area contributed by atoms with Crippen molar-refractivity contribution >= 4 is 0 Å². The molecule has 2 aromatic carbocycles. The maximum atomic E-state index is 9.46. The highest BCUT2D eigenvalue weighted by Crippen LogP contribution is 2.35. The van der Waals surface area contributed by atoms with E-state index in [1.165, 1.54) is 18.2 Å². The lowest BCUT2D eigenvalue weighted by Gasteiger charge is -2.06. The monoisotopic (exact) mass is 332 g/mol. The summed E-state index contributed by atoms with van der Waals surface area (Å²) in [5.74, 6) is -0.883. The van der Waals surface area contributed by atoms with E-state index in [4.69, 9.17) is 0 Å². The second-order valence-corrected chi connectivity index (χ2v) is 6.11. The van der Waals surface area contributed by atoms with Gasteiger partial charge < -0.3 is 25.5 Å². The molecule has 0 saturated heterocycles. The molecule has 2 aromatic rings. The van der Waals surface area contributed by atoms with Gasteiger partial charge in [-0.25, -0.2) is 0 Å². The number of hydrogen-bond acceptors (Lipinski definition) is 5. The van der Waals surface area contributed by atoms with Crippen LogP contribution in [0.2, 0.25) is 0 Å². The first-order chi connectivity index (χ1) is 11.5. The van der Waals surface area contributed by atoms with Crippen LogP contribution in [0.15, 0.2) is 30.3 Å². The lowest BCUT2D eigenvalue weighted by molar-refractivity contribution is 0.367. The number of aryl methyl sites for hydroxylation is 2. The van der Waals surface area contributed by atoms with Gasteiger partial charge in [-0.15, -0.1) is 0 Å². The highest BCUT2D eigenvalue weighted by molar-refractivity contribution is 5.51. The van der Waals surface area contributed by atoms with Gasteiger partial charge in [0, 0.05) is 6.07 Å². The molecular weight excluding hydrogens is 308 g/mol. The van der Waals surface area contributed by atoms with Crippen LogP contribution in [0.5, 0.6) is 28.7 Å². The van der Waals surface area contributed by atoms with Crippen molar-refractivity contribution in [3.8, 4) is 28.7 Å². The first-order valence-corrected chi connectivity index (χ1v) is 8.21. The fourth-order valence-corrected chi connectivity index (χ4v) is 2.79. The van der Waals surface area contributed by atoms with Crippen molar-refractivity contribution in [1.82, 2.24) is 0 Å². The fraction of sp³-hybridized carbons (Fsp3) is 0.368. The summed E-state index contributed by atoms with van der Waals surface area (Å²) in [4.78, 5) is 0. The van der Waals surface area contributed by atoms with Crippen LogP contribution in [0.25, 0.3) is 0 Å². The Morgan fingerprint density at radius 2 is 0.917 bits per heavy atom. The number of phenolic OH excluding ortho intramolecular Hbond substituents is 5. The molecular formula is C19H24O5. The molecule has 0 aliphatic rings. The average Bonchev–Trinajstić information content (AvgIpc) is 2.50. The molecule has 0 aliphatic carbocycles. The fourth-order valence-electron chi connectivity index (χ4n) is 2.79. The van der Waals surface area contributed by atoms with E-state index in [1.54, 1.807) is 12.1 Å². The average molecular weight is 332 g/mol. The van der Waals surface area contributed by atoms with E-state index in [1.807, 2.05) is 0 Å². The topological polar surface area (TPSA) is 101 Å². The van der Waals surface area contributed by atoms with Crippen LogP contribution in [0.1, 0.15) is 43.2 Å². The van der Waals surface area contributed by atoms with Crippen LogP contribution in [-0.2, 0) is 12.8 Å². The first-order valence-electron chi connectivity index (χ1n) is 8.21. The number of hydrogen-bond donors (Lipinski definition) is 5. The number of unbranched alkanes of at least 4 members (excludes halogenated alkanes) is 4. The zero-order chi connectivity index (χ0) is 17.5. The molecule has 0 aromatic heterocycles. The lowest BCUT2D eigenvalue weighted by atomic mass is 10.0. The quantitative estimate of drug-likeness (QED) is 0.372. The Morgan fingerprint density at radius 1 is 0.500 bits per heavy atom. The Balaban J connectivity index is 1.63. The summed E-state index contributed by atoms with van der Waals surface area (Å²) in [5, 5.41) is 47.0. The Bertz CT molecular complexity index is 638. The first kappa shape index (κ1) is 17.8. The minimum absolute atomic E-state index is 0.0883. The summed E-state index contributed by atoms with van der Waals surface area (Å²) >= 11 is 0. The molecule has 0 aliphatic heterocycles. The van der Waals surface area contributed by atoms with Crippen molar-refractivity contribution < 1.29 is 25.5 Å². The Kier molecular flexibility index (Phi) is 6.18. The maximum absolute atomic E-state index is 9.46. The molecule has 0 amide bonds. The van der Waals surface area contributed by atoms with Gasteiger partial charge in [-0.05, 0) is 61.1 Å². The molecule has 2 rings (SSSR count). The predicted octanol–water partition coefficient (Wildman–Crippen LogP) is 3.95. The summed E-state index contributed by atoms with van der Waals surface area (Å²) in [7, 11) is 0. The van der Waals surface area contributed by atoms with Crippen LogP contribution < -0.4 is 0 Å². The van der Waals surface area contributed by atoms with Crippen LogP contribution >= 0.6 is 0 Å². The van der Waals surface area contributed by atoms with Gasteiger partial charge in [0.1, 0.15) is 11.5 Å². The van der Waals surface area contributed by atoms with Gasteiger partial charge in [0.2, 0.25) is 0 Å². The van der Waals surface area contributed by atoms with Crippen LogP contribution in [0.4, 0.5) is 0 Å². The summed E-state index contributed by atoms with van der Waals surface area (Å²) in [6.45, 7) is 0. The second-order valence-electron chi connectivity index (χ2n) is 6.11. The van der Waals surface area contributed by atoms with Gasteiger partial charge in [0.25, 0.3) is 0 Å². The molecule has 0 bridgehead atoms. The van der Waals surface area contributed by atoms with E-state index in [0.717, 1.165) is 56.1 Å². The Hall–Kier alpha value is -2.56. The SMILES string of the molecule is Oc1cc(O)cc(CCCCCCCc2cc(O)c(O)c(O)c2)c1. The van der Waals surface area contributed by atoms with Crippen LogP contribution in [-0.4, -0.2) is 25.5 Å². The third kappa shape index (κ3) is 5.26. The Labute approximate surface area is 141 Å². The minimum atomic E-state index is -0.475. The van der Waals surface area contributed by atoms with Crippen molar-refractivity contribution in [3.05, 3.63) is 41.5 Å². The third-order valence-corrected chi connectivity index (χ3v) is 4.02. The van der Waals surface area contributed by atoms with Crippen LogP contribution in [0, 0.1) is 0 Å². The van der Waals surface area contributed by atoms with Gasteiger partial charge in [0.15, 0.2) is 17.2 Å². The van der Waals surface area contributed by atoms with Crippen LogP contribution in [0.3, 0.4) is 0 Å². The zero-order valence-corrected chi connectivity index (χ0v) is 13.6. The molecule has 0 fully saturated rings. The summed E-state index contributed by atoms with van der Waals surface area (Å²) in [5.41, 5.74) is 1.74. The molecule has 0 radical (unpaired) electrons. The van der Waals surface area contributed by atoms with Crippen molar-refractivity contribution in [3.63, 3.8) is 0 Å². The molecule has 0 saturated carbocycles. The van der Waals surface area contributed by atoms with Crippen molar-refractivity contribution in [1.29, 1.82) is 0 Å². The number of aromatic hydroxyl groups is 5. The van der Waals surface area contributed by atoms with E-state index in [0.29, 0.717) is 0 Å². The molecule has 0 heterocycles. The largest absolute Gasteiger partial charge is 0.508 e. The maximum Gasteiger partial charge on any atom is 0.200 e. The van der Waals surface area contributed by atoms with E-state index < -0.39 is 5.75 Å². The summed E-state index contributed by atoms with van der Waals surface area (Å²) in [6.07, 6.45) is 6.65. The van der Waals surface area contributed by atoms with E-state index in [2.05, 4.69) is 0 Å². The van der Waals surface area contributed by atoms with Crippen molar-refractivity contribution in [2.24, 2.45) is 0 Å². The predicted molar refractivity (Wildman–Crippen MR) is 91.7 cm³/mol. The summed E-state index contributed by atoms with van der Waals surface area (Å²) in [6, 6.07) is 7.61. The van der Waals surface area contributed by atoms with Gasteiger partial charge in [-0.3, -0.25) is 0 Å². The van der Waals surface area contributed by atoms with Gasteiger partial charge in [0.05, 0.1) is 0 Å². The highest BCUT2D eigenvalue weighted by Gasteiger charge is 2.07. The molecule has 0 spiro atoms. The zero-order valence-electron chi connectivity index (χ0n) is 13.6. The van der Waals surface area contributed by atoms with E-state index in [-0.39, 0.29) is 23.0 Å². The smallest absolute Gasteiger partial charge is 0.200 e. The van der Waals surface area contributed by atoms with E-state index in [9.17, 15) is 25.5 Å². The molecule has 5 heteroatoms. The standard InChI is InChI=1S/C19H24O5/c20-15-8-13(9-16(21)12-15)6-4-2-1-3-5-7-14-10-17(22)19(24)18(23)11-14/h8-12,20-24H,1-7H2. The normalized spacial score (nSPS) is 10.8. The van der Waals surface area contributed by atoms with Crippen molar-refractivity contribution in [2.45, 2.75) is 44.9 Å². The highest BCUT2D eigenvalue weighted by atomic mass is 16.3. The Morgan fingerprint density at radius 3 is 1.42 bits per heavy atom. The number of benzene rings is 2. The summed E-state index contributed by atoms with van der Waals surface area (Å²) < 4.78 is 0. The lowest BCUT2D eigenvalue weighted by Crippen LogP contribution is -1.89.